The van der Waals surface area contributed by atoms with E-state index in [1.54, 1.807) is 6.20 Å². The minimum atomic E-state index is -1.85. The van der Waals surface area contributed by atoms with Crippen molar-refractivity contribution >= 4 is 47.4 Å². The van der Waals surface area contributed by atoms with Crippen LogP contribution in [0.25, 0.3) is 32.9 Å². The van der Waals surface area contributed by atoms with Gasteiger partial charge >= 0.3 is 6.01 Å². The van der Waals surface area contributed by atoms with Gasteiger partial charge in [0.2, 0.25) is 0 Å². The summed E-state index contributed by atoms with van der Waals surface area (Å²) in [7, 11) is -1.85. The molecular formula is C38H48ClFN6O2Si. The molecule has 8 rings (SSSR count). The van der Waals surface area contributed by atoms with Crippen molar-refractivity contribution in [3.63, 3.8) is 0 Å². The first-order chi connectivity index (χ1) is 23.4. The normalized spacial score (nSPS) is 25.9. The number of nitrogens with zero attached hydrogens (tertiary/aromatic N) is 5. The van der Waals surface area contributed by atoms with Crippen LogP contribution in [0.1, 0.15) is 59.3 Å². The fraction of sp³-hybridized carbons (Fsp3) is 0.553. The molecule has 1 N–H and O–H groups in total. The van der Waals surface area contributed by atoms with Gasteiger partial charge in [-0.2, -0.15) is 9.97 Å². The van der Waals surface area contributed by atoms with E-state index in [1.807, 2.05) is 36.4 Å². The first-order valence-corrected chi connectivity index (χ1v) is 21.3. The molecule has 4 fully saturated rings. The molecule has 8 nitrogen and oxygen atoms in total. The maximum absolute atomic E-state index is 16.9. The van der Waals surface area contributed by atoms with Crippen molar-refractivity contribution in [3.8, 4) is 17.3 Å². The second-order valence-electron chi connectivity index (χ2n) is 16.3. The molecule has 4 atom stereocenters. The standard InChI is InChI=1S/C38H48ClFN6O2Si/c1-37(2,3)49(4,5)48-22-27-15-17-38(16-8-18-46(27)38)23-47-36-43-34-29(35(44-36)45-20-25-13-14-26(21-45)42-25)19-41-33(32(34)40)28-11-6-9-24-10-7-12-30(39)31(24)28/h6-7,9-12,19,25-27,42H,8,13-18,20-23H2,1-5H3/t25-,26+,27?,38?. The number of benzene rings is 2. The Morgan fingerprint density at radius 2 is 1.80 bits per heavy atom. The second kappa shape index (κ2) is 12.4. The fourth-order valence-corrected chi connectivity index (χ4v) is 9.81. The van der Waals surface area contributed by atoms with Crippen LogP contribution in [0.3, 0.4) is 0 Å². The van der Waals surface area contributed by atoms with Gasteiger partial charge in [-0.15, -0.1) is 0 Å². The Bertz CT molecular complexity index is 1890. The molecule has 2 aromatic heterocycles. The fourth-order valence-electron chi connectivity index (χ4n) is 8.49. The molecule has 260 valence electrons. The van der Waals surface area contributed by atoms with Crippen molar-refractivity contribution in [2.24, 2.45) is 0 Å². The van der Waals surface area contributed by atoms with Gasteiger partial charge in [-0.25, -0.2) is 4.39 Å². The van der Waals surface area contributed by atoms with Gasteiger partial charge in [0.05, 0.1) is 10.9 Å². The Kier molecular flexibility index (Phi) is 8.42. The third-order valence-corrected chi connectivity index (χ3v) is 17.0. The summed E-state index contributed by atoms with van der Waals surface area (Å²) in [6, 6.07) is 12.9. The number of fused-ring (bicyclic) bond motifs is 5. The molecular weight excluding hydrogens is 655 g/mol. The summed E-state index contributed by atoms with van der Waals surface area (Å²) in [6.45, 7) is 15.4. The van der Waals surface area contributed by atoms with Gasteiger partial charge in [-0.3, -0.25) is 9.88 Å². The minimum Gasteiger partial charge on any atom is -0.461 e. The quantitative estimate of drug-likeness (QED) is 0.185. The van der Waals surface area contributed by atoms with E-state index < -0.39 is 14.1 Å². The summed E-state index contributed by atoms with van der Waals surface area (Å²) in [5.41, 5.74) is 1.01. The molecule has 49 heavy (non-hydrogen) atoms. The molecule has 4 saturated heterocycles. The first kappa shape index (κ1) is 33.3. The third-order valence-electron chi connectivity index (χ3n) is 12.2. The van der Waals surface area contributed by atoms with Crippen molar-refractivity contribution in [2.45, 2.75) is 101 Å². The average molecular weight is 703 g/mol. The minimum absolute atomic E-state index is 0.0876. The van der Waals surface area contributed by atoms with Gasteiger partial charge in [0.15, 0.2) is 14.1 Å². The molecule has 6 heterocycles. The van der Waals surface area contributed by atoms with Crippen LogP contribution in [-0.4, -0.2) is 84.7 Å². The predicted octanol–water partition coefficient (Wildman–Crippen LogP) is 7.98. The number of piperazine rings is 1. The zero-order valence-corrected chi connectivity index (χ0v) is 31.1. The van der Waals surface area contributed by atoms with Crippen LogP contribution >= 0.6 is 11.6 Å². The number of halogens is 2. The van der Waals surface area contributed by atoms with Crippen LogP contribution in [0.2, 0.25) is 23.2 Å². The second-order valence-corrected chi connectivity index (χ2v) is 21.5. The van der Waals surface area contributed by atoms with Crippen LogP contribution < -0.4 is 15.0 Å². The predicted molar refractivity (Wildman–Crippen MR) is 198 cm³/mol. The Morgan fingerprint density at radius 3 is 2.55 bits per heavy atom. The number of hydrogen-bond acceptors (Lipinski definition) is 8. The van der Waals surface area contributed by atoms with Gasteiger partial charge in [0.1, 0.15) is 23.6 Å². The Labute approximate surface area is 294 Å². The lowest BCUT2D eigenvalue weighted by atomic mass is 9.95. The highest BCUT2D eigenvalue weighted by atomic mass is 35.5. The molecule has 0 amide bonds. The number of rotatable bonds is 8. The largest absolute Gasteiger partial charge is 0.461 e. The molecule has 4 aliphatic rings. The van der Waals surface area contributed by atoms with Gasteiger partial charge in [0, 0.05) is 60.0 Å². The van der Waals surface area contributed by atoms with Crippen molar-refractivity contribution in [1.29, 1.82) is 0 Å². The van der Waals surface area contributed by atoms with E-state index >= 15 is 4.39 Å². The molecule has 4 aliphatic heterocycles. The van der Waals surface area contributed by atoms with E-state index in [-0.39, 0.29) is 27.8 Å². The Hall–Kier alpha value is -2.89. The van der Waals surface area contributed by atoms with E-state index in [9.17, 15) is 0 Å². The van der Waals surface area contributed by atoms with E-state index in [0.717, 1.165) is 75.5 Å². The maximum Gasteiger partial charge on any atom is 0.319 e. The van der Waals surface area contributed by atoms with Crippen molar-refractivity contribution in [3.05, 3.63) is 53.4 Å². The number of nitrogens with one attached hydrogen (secondary N) is 1. The van der Waals surface area contributed by atoms with Crippen LogP contribution in [0.5, 0.6) is 6.01 Å². The van der Waals surface area contributed by atoms with Crippen molar-refractivity contribution in [2.75, 3.05) is 37.7 Å². The number of pyridine rings is 1. The molecule has 0 saturated carbocycles. The zero-order valence-electron chi connectivity index (χ0n) is 29.4. The monoisotopic (exact) mass is 702 g/mol. The lowest BCUT2D eigenvalue weighted by Crippen LogP contribution is -2.51. The number of ether oxygens (including phenoxy) is 1. The molecule has 2 aromatic carbocycles. The molecule has 0 aliphatic carbocycles. The lowest BCUT2D eigenvalue weighted by molar-refractivity contribution is 0.0663. The summed E-state index contributed by atoms with van der Waals surface area (Å²) >= 11 is 6.67. The van der Waals surface area contributed by atoms with Crippen LogP contribution in [0, 0.1) is 5.82 Å². The van der Waals surface area contributed by atoms with E-state index in [2.05, 4.69) is 49.0 Å². The number of hydrogen-bond donors (Lipinski definition) is 1. The molecule has 0 radical (unpaired) electrons. The molecule has 2 unspecified atom stereocenters. The molecule has 4 aromatic rings. The third kappa shape index (κ3) is 5.91. The molecule has 11 heteroatoms. The lowest BCUT2D eigenvalue weighted by Gasteiger charge is -2.39. The van der Waals surface area contributed by atoms with Gasteiger partial charge in [-0.1, -0.05) is 62.7 Å². The molecule has 0 spiro atoms. The first-order valence-electron chi connectivity index (χ1n) is 18.0. The summed E-state index contributed by atoms with van der Waals surface area (Å²) in [5, 5.41) is 6.75. The van der Waals surface area contributed by atoms with E-state index in [4.69, 9.17) is 35.7 Å². The highest BCUT2D eigenvalue weighted by Crippen LogP contribution is 2.45. The highest BCUT2D eigenvalue weighted by Gasteiger charge is 2.50. The van der Waals surface area contributed by atoms with Gasteiger partial charge in [-0.05, 0) is 74.7 Å². The number of anilines is 1. The van der Waals surface area contributed by atoms with Crippen molar-refractivity contribution in [1.82, 2.24) is 25.2 Å². The van der Waals surface area contributed by atoms with E-state index in [1.165, 1.54) is 0 Å². The summed E-state index contributed by atoms with van der Waals surface area (Å²) in [4.78, 5) is 19.4. The Morgan fingerprint density at radius 1 is 1.04 bits per heavy atom. The van der Waals surface area contributed by atoms with Crippen LogP contribution in [0.15, 0.2) is 42.6 Å². The number of aromatic nitrogens is 3. The van der Waals surface area contributed by atoms with Crippen molar-refractivity contribution < 1.29 is 13.6 Å². The van der Waals surface area contributed by atoms with E-state index in [0.29, 0.717) is 46.5 Å². The van der Waals surface area contributed by atoms with Crippen LogP contribution in [0.4, 0.5) is 10.2 Å². The smallest absolute Gasteiger partial charge is 0.319 e. The highest BCUT2D eigenvalue weighted by molar-refractivity contribution is 6.74. The molecule has 2 bridgehead atoms. The summed E-state index contributed by atoms with van der Waals surface area (Å²) in [5.74, 6) is 0.209. The topological polar surface area (TPSA) is 75.6 Å². The Balaban J connectivity index is 1.13. The SMILES string of the molecule is CC(C)(C)[Si](C)(C)OCC1CCC2(COc3nc(N4C[C@H]5CC[C@@H](C4)N5)c4cnc(-c5cccc6cccc(Cl)c56)c(F)c4n3)CCCN12. The summed E-state index contributed by atoms with van der Waals surface area (Å²) in [6.07, 6.45) is 8.32. The maximum atomic E-state index is 16.9. The summed E-state index contributed by atoms with van der Waals surface area (Å²) < 4.78 is 30.2. The zero-order chi connectivity index (χ0) is 34.1. The van der Waals surface area contributed by atoms with Crippen LogP contribution in [-0.2, 0) is 4.43 Å². The average Bonchev–Trinajstić information content (AvgIpc) is 3.75. The van der Waals surface area contributed by atoms with Gasteiger partial charge in [0.25, 0.3) is 0 Å². The van der Waals surface area contributed by atoms with Gasteiger partial charge < -0.3 is 19.4 Å².